The number of rotatable bonds is 8. The average molecular weight is 535 g/mol. The molecule has 0 radical (unpaired) electrons. The Morgan fingerprint density at radius 3 is 1.82 bits per heavy atom. The van der Waals surface area contributed by atoms with Crippen LogP contribution in [0.1, 0.15) is 21.5 Å². The van der Waals surface area contributed by atoms with Gasteiger partial charge in [0.05, 0.1) is 0 Å². The molecule has 0 amide bonds. The summed E-state index contributed by atoms with van der Waals surface area (Å²) in [7, 11) is -4.39. The minimum atomic E-state index is -4.39. The van der Waals surface area contributed by atoms with Gasteiger partial charge in [-0.25, -0.2) is 4.57 Å². The zero-order valence-corrected chi connectivity index (χ0v) is 20.4. The van der Waals surface area contributed by atoms with E-state index >= 15 is 0 Å². The molecule has 0 heterocycles. The SMILES string of the molecule is O=C(C(=Cc1ccc(Br)cc1)c1ccccc1)c1ccc(OP(=O)(O)Oc2ccccc2)cc1. The topological polar surface area (TPSA) is 72.8 Å². The predicted octanol–water partition coefficient (Wildman–Crippen LogP) is 7.43. The van der Waals surface area contributed by atoms with Crippen LogP contribution >= 0.6 is 23.8 Å². The zero-order chi connectivity index (χ0) is 24.0. The third-order valence-electron chi connectivity index (χ3n) is 4.81. The molecule has 0 aromatic heterocycles. The summed E-state index contributed by atoms with van der Waals surface area (Å²) in [6.45, 7) is 0. The van der Waals surface area contributed by atoms with Gasteiger partial charge in [-0.1, -0.05) is 76.6 Å². The average Bonchev–Trinajstić information content (AvgIpc) is 2.84. The summed E-state index contributed by atoms with van der Waals surface area (Å²) in [5.41, 5.74) is 2.61. The fourth-order valence-electron chi connectivity index (χ4n) is 3.21. The Labute approximate surface area is 206 Å². The molecule has 34 heavy (non-hydrogen) atoms. The van der Waals surface area contributed by atoms with E-state index in [0.717, 1.165) is 15.6 Å². The summed E-state index contributed by atoms with van der Waals surface area (Å²) in [5, 5.41) is 0. The number of phosphoric acid groups is 1. The Hall–Kier alpha value is -3.44. The van der Waals surface area contributed by atoms with Crippen molar-refractivity contribution in [1.82, 2.24) is 0 Å². The molecule has 0 spiro atoms. The van der Waals surface area contributed by atoms with Crippen molar-refractivity contribution >= 4 is 41.2 Å². The number of carbonyl (C=O) groups is 1. The Morgan fingerprint density at radius 1 is 0.706 bits per heavy atom. The molecule has 170 valence electrons. The van der Waals surface area contributed by atoms with Crippen LogP contribution in [0.5, 0.6) is 11.5 Å². The van der Waals surface area contributed by atoms with Crippen LogP contribution in [0.15, 0.2) is 114 Å². The van der Waals surface area contributed by atoms with E-state index in [1.807, 2.05) is 60.7 Å². The van der Waals surface area contributed by atoms with Crippen LogP contribution in [0, 0.1) is 0 Å². The van der Waals surface area contributed by atoms with E-state index in [4.69, 9.17) is 9.05 Å². The van der Waals surface area contributed by atoms with Gasteiger partial charge >= 0.3 is 7.82 Å². The van der Waals surface area contributed by atoms with Crippen molar-refractivity contribution in [2.75, 3.05) is 0 Å². The summed E-state index contributed by atoms with van der Waals surface area (Å²) < 4.78 is 23.5. The number of carbonyl (C=O) groups excluding carboxylic acids is 1. The van der Waals surface area contributed by atoms with Crippen molar-refractivity contribution in [2.24, 2.45) is 0 Å². The van der Waals surface area contributed by atoms with E-state index in [2.05, 4.69) is 15.9 Å². The summed E-state index contributed by atoms with van der Waals surface area (Å²) >= 11 is 3.42. The number of Topliss-reactive ketones (excluding diaryl/α,β-unsaturated/α-hetero) is 1. The largest absolute Gasteiger partial charge is 0.584 e. The summed E-state index contributed by atoms with van der Waals surface area (Å²) in [6.07, 6.45) is 1.84. The molecule has 0 aliphatic heterocycles. The van der Waals surface area contributed by atoms with Crippen molar-refractivity contribution in [3.63, 3.8) is 0 Å². The van der Waals surface area contributed by atoms with Gasteiger partial charge in [-0.15, -0.1) is 0 Å². The van der Waals surface area contributed by atoms with E-state index in [-0.39, 0.29) is 17.3 Å². The lowest BCUT2D eigenvalue weighted by atomic mass is 9.95. The van der Waals surface area contributed by atoms with Gasteiger partial charge in [-0.2, -0.15) is 0 Å². The van der Waals surface area contributed by atoms with Gasteiger partial charge in [-0.05, 0) is 65.7 Å². The lowest BCUT2D eigenvalue weighted by Gasteiger charge is -2.14. The highest BCUT2D eigenvalue weighted by atomic mass is 79.9. The fourth-order valence-corrected chi connectivity index (χ4v) is 4.29. The van der Waals surface area contributed by atoms with Crippen molar-refractivity contribution in [3.05, 3.63) is 130 Å². The summed E-state index contributed by atoms with van der Waals surface area (Å²) in [6, 6.07) is 31.3. The molecule has 7 heteroatoms. The smallest absolute Gasteiger partial charge is 0.395 e. The third-order valence-corrected chi connectivity index (χ3v) is 6.22. The molecule has 0 aliphatic carbocycles. The van der Waals surface area contributed by atoms with Gasteiger partial charge in [0.15, 0.2) is 5.78 Å². The Kier molecular flexibility index (Phi) is 7.43. The Balaban J connectivity index is 1.57. The van der Waals surface area contributed by atoms with E-state index in [1.54, 1.807) is 42.5 Å². The second kappa shape index (κ2) is 10.7. The third kappa shape index (κ3) is 6.33. The molecular weight excluding hydrogens is 515 g/mol. The number of phosphoric ester groups is 1. The van der Waals surface area contributed by atoms with Gasteiger partial charge in [0, 0.05) is 15.6 Å². The van der Waals surface area contributed by atoms with Crippen molar-refractivity contribution in [2.45, 2.75) is 0 Å². The molecule has 0 saturated heterocycles. The summed E-state index contributed by atoms with van der Waals surface area (Å²) in [5.74, 6) is 0.135. The first kappa shape index (κ1) is 23.7. The second-order valence-electron chi connectivity index (χ2n) is 7.29. The van der Waals surface area contributed by atoms with E-state index < -0.39 is 7.82 Å². The minimum absolute atomic E-state index is 0.108. The van der Waals surface area contributed by atoms with Crippen LogP contribution < -0.4 is 9.05 Å². The second-order valence-corrected chi connectivity index (χ2v) is 9.51. The molecule has 0 bridgehead atoms. The highest BCUT2D eigenvalue weighted by Gasteiger charge is 2.25. The van der Waals surface area contributed by atoms with E-state index in [0.29, 0.717) is 11.1 Å². The fraction of sp³-hybridized carbons (Fsp3) is 0. The number of hydrogen-bond acceptors (Lipinski definition) is 4. The van der Waals surface area contributed by atoms with Gasteiger partial charge in [0.2, 0.25) is 0 Å². The van der Waals surface area contributed by atoms with Gasteiger partial charge < -0.3 is 9.05 Å². The van der Waals surface area contributed by atoms with Gasteiger partial charge in [0.1, 0.15) is 11.5 Å². The van der Waals surface area contributed by atoms with Crippen LogP contribution in [0.25, 0.3) is 11.6 Å². The molecule has 0 saturated carbocycles. The maximum absolute atomic E-state index is 13.4. The number of halogens is 1. The van der Waals surface area contributed by atoms with Crippen LogP contribution in [0.3, 0.4) is 0 Å². The number of para-hydroxylation sites is 1. The number of ketones is 1. The molecule has 4 aromatic rings. The molecule has 4 rings (SSSR count). The van der Waals surface area contributed by atoms with Gasteiger partial charge in [0.25, 0.3) is 0 Å². The quantitative estimate of drug-likeness (QED) is 0.110. The standard InChI is InChI=1S/C27H20BrO5P/c28-23-15-11-20(12-16-23)19-26(21-7-3-1-4-8-21)27(29)22-13-17-25(18-14-22)33-34(30,31)32-24-9-5-2-6-10-24/h1-19H,(H,30,31). The van der Waals surface area contributed by atoms with E-state index in [9.17, 15) is 14.3 Å². The Morgan fingerprint density at radius 2 is 1.24 bits per heavy atom. The highest BCUT2D eigenvalue weighted by Crippen LogP contribution is 2.44. The van der Waals surface area contributed by atoms with Crippen molar-refractivity contribution < 1.29 is 23.3 Å². The number of benzene rings is 4. The summed E-state index contributed by atoms with van der Waals surface area (Å²) in [4.78, 5) is 23.5. The minimum Gasteiger partial charge on any atom is -0.395 e. The Bertz CT molecular complexity index is 1340. The molecule has 0 fully saturated rings. The normalized spacial score (nSPS) is 13.1. The molecule has 1 N–H and O–H groups in total. The molecule has 1 unspecified atom stereocenters. The number of hydrogen-bond donors (Lipinski definition) is 1. The van der Waals surface area contributed by atoms with Crippen LogP contribution in [0.4, 0.5) is 0 Å². The maximum Gasteiger partial charge on any atom is 0.584 e. The maximum atomic E-state index is 13.4. The first-order valence-electron chi connectivity index (χ1n) is 10.3. The molecule has 5 nitrogen and oxygen atoms in total. The first-order valence-corrected chi connectivity index (χ1v) is 12.6. The number of allylic oxidation sites excluding steroid dienone is 1. The van der Waals surface area contributed by atoms with Crippen molar-refractivity contribution in [3.8, 4) is 11.5 Å². The van der Waals surface area contributed by atoms with Gasteiger partial charge in [-0.3, -0.25) is 9.69 Å². The van der Waals surface area contributed by atoms with Crippen LogP contribution in [-0.4, -0.2) is 10.7 Å². The molecule has 0 aliphatic rings. The lowest BCUT2D eigenvalue weighted by Crippen LogP contribution is -2.04. The van der Waals surface area contributed by atoms with Crippen LogP contribution in [-0.2, 0) is 4.57 Å². The molecule has 1 atom stereocenters. The zero-order valence-electron chi connectivity index (χ0n) is 17.9. The first-order chi connectivity index (χ1) is 16.4. The predicted molar refractivity (Wildman–Crippen MR) is 137 cm³/mol. The van der Waals surface area contributed by atoms with Crippen molar-refractivity contribution in [1.29, 1.82) is 0 Å². The highest BCUT2D eigenvalue weighted by molar-refractivity contribution is 9.10. The van der Waals surface area contributed by atoms with E-state index in [1.165, 1.54) is 12.1 Å². The molecular formula is C27H20BrO5P. The lowest BCUT2D eigenvalue weighted by molar-refractivity contribution is 0.105. The molecule has 4 aromatic carbocycles. The monoisotopic (exact) mass is 534 g/mol. The van der Waals surface area contributed by atoms with Crippen LogP contribution in [0.2, 0.25) is 0 Å².